The molecule has 0 unspecified atom stereocenters. The molecule has 3 heterocycles. The maximum Gasteiger partial charge on any atom is 0.254 e. The van der Waals surface area contributed by atoms with Crippen molar-refractivity contribution in [1.29, 1.82) is 0 Å². The van der Waals surface area contributed by atoms with E-state index in [0.717, 1.165) is 27.7 Å². The lowest BCUT2D eigenvalue weighted by atomic mass is 9.92. The number of carbonyl (C=O) groups is 1. The van der Waals surface area contributed by atoms with Crippen molar-refractivity contribution in [3.05, 3.63) is 99.9 Å². The molecule has 0 aliphatic carbocycles. The third-order valence-corrected chi connectivity index (χ3v) is 5.92. The molecule has 1 atom stereocenters. The zero-order chi connectivity index (χ0) is 19.1. The molecular formula is C23H18BrN3O. The summed E-state index contributed by atoms with van der Waals surface area (Å²) in [4.78, 5) is 23.2. The molecule has 2 aromatic heterocycles. The maximum absolute atomic E-state index is 13.4. The molecule has 0 spiro atoms. The van der Waals surface area contributed by atoms with Crippen LogP contribution in [0, 0.1) is 0 Å². The molecule has 1 aliphatic rings. The lowest BCUT2D eigenvalue weighted by Crippen LogP contribution is -2.40. The number of fused-ring (bicyclic) bond motifs is 3. The van der Waals surface area contributed by atoms with Crippen LogP contribution >= 0.6 is 15.9 Å². The van der Waals surface area contributed by atoms with Crippen molar-refractivity contribution >= 4 is 32.7 Å². The first kappa shape index (κ1) is 17.2. The van der Waals surface area contributed by atoms with Crippen LogP contribution in [0.3, 0.4) is 0 Å². The molecule has 28 heavy (non-hydrogen) atoms. The first-order valence-electron chi connectivity index (χ1n) is 9.28. The second-order valence-corrected chi connectivity index (χ2v) is 7.92. The summed E-state index contributed by atoms with van der Waals surface area (Å²) < 4.78 is 0.962. The Morgan fingerprint density at radius 1 is 1.07 bits per heavy atom. The Balaban J connectivity index is 1.65. The van der Waals surface area contributed by atoms with Gasteiger partial charge in [-0.1, -0.05) is 40.2 Å². The van der Waals surface area contributed by atoms with Gasteiger partial charge >= 0.3 is 0 Å². The Morgan fingerprint density at radius 2 is 1.89 bits per heavy atom. The molecule has 0 saturated heterocycles. The van der Waals surface area contributed by atoms with Gasteiger partial charge in [0.15, 0.2) is 0 Å². The number of para-hydroxylation sites is 1. The van der Waals surface area contributed by atoms with Crippen molar-refractivity contribution in [2.45, 2.75) is 12.5 Å². The molecule has 0 saturated carbocycles. The number of nitrogens with zero attached hydrogens (tertiary/aromatic N) is 2. The van der Waals surface area contributed by atoms with E-state index < -0.39 is 0 Å². The number of aromatic nitrogens is 2. The fourth-order valence-corrected chi connectivity index (χ4v) is 4.37. The lowest BCUT2D eigenvalue weighted by Gasteiger charge is -2.36. The summed E-state index contributed by atoms with van der Waals surface area (Å²) in [7, 11) is 0. The van der Waals surface area contributed by atoms with Crippen LogP contribution in [0.15, 0.2) is 77.5 Å². The van der Waals surface area contributed by atoms with Gasteiger partial charge in [0.2, 0.25) is 0 Å². The van der Waals surface area contributed by atoms with Crippen LogP contribution in [0.5, 0.6) is 0 Å². The predicted octanol–water partition coefficient (Wildman–Crippen LogP) is 5.11. The van der Waals surface area contributed by atoms with Crippen LogP contribution in [0.1, 0.15) is 33.2 Å². The number of nitrogens with one attached hydrogen (secondary N) is 1. The Kier molecular flexibility index (Phi) is 4.24. The molecule has 0 radical (unpaired) electrons. The summed E-state index contributed by atoms with van der Waals surface area (Å²) >= 11 is 3.44. The van der Waals surface area contributed by atoms with E-state index in [9.17, 15) is 4.79 Å². The van der Waals surface area contributed by atoms with Crippen LogP contribution in [-0.2, 0) is 6.42 Å². The molecule has 1 amide bonds. The van der Waals surface area contributed by atoms with Crippen molar-refractivity contribution in [2.75, 3.05) is 6.54 Å². The van der Waals surface area contributed by atoms with Gasteiger partial charge in [0.05, 0.1) is 6.04 Å². The smallest absolute Gasteiger partial charge is 0.254 e. The second-order valence-electron chi connectivity index (χ2n) is 7.01. The molecule has 0 bridgehead atoms. The molecule has 4 nitrogen and oxygen atoms in total. The minimum Gasteiger partial charge on any atom is -0.356 e. The third-order valence-electron chi connectivity index (χ3n) is 5.39. The lowest BCUT2D eigenvalue weighted by molar-refractivity contribution is 0.0692. The van der Waals surface area contributed by atoms with E-state index in [1.54, 1.807) is 6.20 Å². The Labute approximate surface area is 171 Å². The molecule has 138 valence electrons. The van der Waals surface area contributed by atoms with E-state index >= 15 is 0 Å². The minimum atomic E-state index is -0.180. The van der Waals surface area contributed by atoms with Gasteiger partial charge in [-0.2, -0.15) is 0 Å². The number of pyridine rings is 1. The fraction of sp³-hybridized carbons (Fsp3) is 0.130. The van der Waals surface area contributed by atoms with Gasteiger partial charge in [-0.25, -0.2) is 0 Å². The average Bonchev–Trinajstić information content (AvgIpc) is 3.12. The van der Waals surface area contributed by atoms with Gasteiger partial charge in [0, 0.05) is 45.6 Å². The fourth-order valence-electron chi connectivity index (χ4n) is 4.10. The second kappa shape index (κ2) is 6.91. The summed E-state index contributed by atoms with van der Waals surface area (Å²) in [6.07, 6.45) is 4.45. The zero-order valence-electron chi connectivity index (χ0n) is 15.1. The molecule has 1 aliphatic heterocycles. The number of halogens is 1. The van der Waals surface area contributed by atoms with Crippen molar-refractivity contribution < 1.29 is 4.79 Å². The highest BCUT2D eigenvalue weighted by atomic mass is 79.9. The van der Waals surface area contributed by atoms with Gasteiger partial charge in [0.1, 0.15) is 0 Å². The summed E-state index contributed by atoms with van der Waals surface area (Å²) in [5.41, 5.74) is 5.20. The van der Waals surface area contributed by atoms with E-state index in [4.69, 9.17) is 0 Å². The number of amides is 1. The number of hydrogen-bond donors (Lipinski definition) is 1. The van der Waals surface area contributed by atoms with Crippen LogP contribution in [0.4, 0.5) is 0 Å². The zero-order valence-corrected chi connectivity index (χ0v) is 16.7. The first-order valence-corrected chi connectivity index (χ1v) is 10.1. The topological polar surface area (TPSA) is 49.0 Å². The Hall–Kier alpha value is -2.92. The van der Waals surface area contributed by atoms with Crippen LogP contribution in [0.2, 0.25) is 0 Å². The van der Waals surface area contributed by atoms with E-state index in [0.29, 0.717) is 12.1 Å². The summed E-state index contributed by atoms with van der Waals surface area (Å²) in [5, 5.41) is 1.24. The van der Waals surface area contributed by atoms with Crippen LogP contribution in [0.25, 0.3) is 10.9 Å². The summed E-state index contributed by atoms with van der Waals surface area (Å²) in [6.45, 7) is 0.670. The third kappa shape index (κ3) is 2.83. The molecule has 1 N–H and O–H groups in total. The highest BCUT2D eigenvalue weighted by Crippen LogP contribution is 2.38. The number of carbonyl (C=O) groups excluding carboxylic acids is 1. The molecular weight excluding hydrogens is 414 g/mol. The molecule has 5 rings (SSSR count). The monoisotopic (exact) mass is 431 g/mol. The number of aromatic amines is 1. The van der Waals surface area contributed by atoms with Crippen molar-refractivity contribution in [3.63, 3.8) is 0 Å². The first-order chi connectivity index (χ1) is 13.7. The van der Waals surface area contributed by atoms with E-state index in [2.05, 4.69) is 44.1 Å². The van der Waals surface area contributed by atoms with E-state index in [1.807, 2.05) is 53.6 Å². The predicted molar refractivity (Wildman–Crippen MR) is 113 cm³/mol. The standard InChI is InChI=1S/C23H18BrN3O/c24-17-9-7-15(8-10-17)23(28)27-13-11-19-18-5-1-2-6-20(18)26-21(19)22(27)16-4-3-12-25-14-16/h1-10,12,14,22,26H,11,13H2/t22-/m0/s1. The summed E-state index contributed by atoms with van der Waals surface area (Å²) in [5.74, 6) is 0.0330. The van der Waals surface area contributed by atoms with Gasteiger partial charge in [-0.05, 0) is 53.9 Å². The highest BCUT2D eigenvalue weighted by molar-refractivity contribution is 9.10. The average molecular weight is 432 g/mol. The van der Waals surface area contributed by atoms with Gasteiger partial charge in [0.25, 0.3) is 5.91 Å². The minimum absolute atomic E-state index is 0.0330. The Bertz CT molecular complexity index is 1150. The quantitative estimate of drug-likeness (QED) is 0.479. The molecule has 2 aromatic carbocycles. The van der Waals surface area contributed by atoms with Crippen LogP contribution in [-0.4, -0.2) is 27.3 Å². The maximum atomic E-state index is 13.4. The summed E-state index contributed by atoms with van der Waals surface area (Å²) in [6, 6.07) is 19.7. The molecule has 0 fully saturated rings. The highest BCUT2D eigenvalue weighted by Gasteiger charge is 2.35. The van der Waals surface area contributed by atoms with Crippen molar-refractivity contribution in [1.82, 2.24) is 14.9 Å². The van der Waals surface area contributed by atoms with E-state index in [1.165, 1.54) is 10.9 Å². The van der Waals surface area contributed by atoms with Crippen molar-refractivity contribution in [2.24, 2.45) is 0 Å². The van der Waals surface area contributed by atoms with Gasteiger partial charge in [-0.15, -0.1) is 0 Å². The Morgan fingerprint density at radius 3 is 2.68 bits per heavy atom. The number of rotatable bonds is 2. The van der Waals surface area contributed by atoms with Gasteiger partial charge in [-0.3, -0.25) is 9.78 Å². The van der Waals surface area contributed by atoms with Crippen LogP contribution < -0.4 is 0 Å². The number of hydrogen-bond acceptors (Lipinski definition) is 2. The SMILES string of the molecule is O=C(c1ccc(Br)cc1)N1CCc2c([nH]c3ccccc23)[C@@H]1c1cccnc1. The largest absolute Gasteiger partial charge is 0.356 e. The number of benzene rings is 2. The normalized spacial score (nSPS) is 16.2. The molecule has 4 aromatic rings. The number of H-pyrrole nitrogens is 1. The molecule has 5 heteroatoms. The van der Waals surface area contributed by atoms with Crippen molar-refractivity contribution in [3.8, 4) is 0 Å². The van der Waals surface area contributed by atoms with Gasteiger partial charge < -0.3 is 9.88 Å². The van der Waals surface area contributed by atoms with E-state index in [-0.39, 0.29) is 11.9 Å².